The molecule has 2 amide bonds. The number of rotatable bonds is 5. The number of likely N-dealkylation sites (tertiary alicyclic amines) is 1. The van der Waals surface area contributed by atoms with Gasteiger partial charge in [0.05, 0.1) is 11.6 Å². The maximum absolute atomic E-state index is 13.6. The van der Waals surface area contributed by atoms with Crippen molar-refractivity contribution in [3.63, 3.8) is 0 Å². The minimum atomic E-state index is -1.08. The van der Waals surface area contributed by atoms with Gasteiger partial charge in [0.1, 0.15) is 6.04 Å². The molecule has 188 valence electrons. The molecule has 2 aromatic carbocycles. The SMILES string of the molecule is CC(C)[C@@H](NC(=O)[C@H]1Cc2ccccc2CN1)C(=O)N1CC[C@](O)(c2ccc(Cl)cc2)C(C)(C)C1. The van der Waals surface area contributed by atoms with Crippen LogP contribution in [0.2, 0.25) is 5.02 Å². The van der Waals surface area contributed by atoms with Gasteiger partial charge in [-0.05, 0) is 47.6 Å². The Balaban J connectivity index is 1.45. The first kappa shape index (κ1) is 25.7. The zero-order chi connectivity index (χ0) is 25.4. The summed E-state index contributed by atoms with van der Waals surface area (Å²) in [5.74, 6) is -0.321. The molecule has 0 saturated carbocycles. The monoisotopic (exact) mass is 497 g/mol. The summed E-state index contributed by atoms with van der Waals surface area (Å²) in [4.78, 5) is 28.6. The summed E-state index contributed by atoms with van der Waals surface area (Å²) in [5.41, 5.74) is 1.51. The van der Waals surface area contributed by atoms with Crippen LogP contribution in [0.15, 0.2) is 48.5 Å². The van der Waals surface area contributed by atoms with Crippen LogP contribution in [-0.4, -0.2) is 47.0 Å². The summed E-state index contributed by atoms with van der Waals surface area (Å²) < 4.78 is 0. The molecule has 35 heavy (non-hydrogen) atoms. The van der Waals surface area contributed by atoms with Crippen molar-refractivity contribution in [2.75, 3.05) is 13.1 Å². The fraction of sp³-hybridized carbons (Fsp3) is 0.500. The van der Waals surface area contributed by atoms with Crippen LogP contribution in [0.4, 0.5) is 0 Å². The molecule has 0 bridgehead atoms. The average Bonchev–Trinajstić information content (AvgIpc) is 2.83. The highest BCUT2D eigenvalue weighted by atomic mass is 35.5. The summed E-state index contributed by atoms with van der Waals surface area (Å²) in [6.07, 6.45) is 1.01. The third kappa shape index (κ3) is 5.11. The fourth-order valence-corrected chi connectivity index (χ4v) is 5.50. The second-order valence-corrected chi connectivity index (χ2v) is 11.3. The molecule has 2 aromatic rings. The van der Waals surface area contributed by atoms with Gasteiger partial charge in [-0.15, -0.1) is 0 Å². The zero-order valence-electron chi connectivity index (χ0n) is 21.0. The Bertz CT molecular complexity index is 1090. The second kappa shape index (κ2) is 9.92. The van der Waals surface area contributed by atoms with Crippen LogP contribution >= 0.6 is 11.6 Å². The molecule has 1 saturated heterocycles. The molecule has 2 aliphatic rings. The van der Waals surface area contributed by atoms with Gasteiger partial charge in [-0.25, -0.2) is 0 Å². The normalized spacial score (nSPS) is 24.5. The molecular formula is C28H36ClN3O3. The lowest BCUT2D eigenvalue weighted by Crippen LogP contribution is -2.61. The van der Waals surface area contributed by atoms with Crippen molar-refractivity contribution >= 4 is 23.4 Å². The van der Waals surface area contributed by atoms with Gasteiger partial charge in [0.15, 0.2) is 0 Å². The second-order valence-electron chi connectivity index (χ2n) is 10.9. The molecule has 2 aliphatic heterocycles. The molecule has 2 heterocycles. The summed E-state index contributed by atoms with van der Waals surface area (Å²) in [7, 11) is 0. The van der Waals surface area contributed by atoms with Crippen LogP contribution in [0, 0.1) is 11.3 Å². The lowest BCUT2D eigenvalue weighted by Gasteiger charge is -2.51. The number of carbonyl (C=O) groups is 2. The highest BCUT2D eigenvalue weighted by Crippen LogP contribution is 2.46. The molecule has 3 N–H and O–H groups in total. The van der Waals surface area contributed by atoms with Gasteiger partial charge < -0.3 is 20.6 Å². The van der Waals surface area contributed by atoms with E-state index in [2.05, 4.69) is 22.8 Å². The van der Waals surface area contributed by atoms with E-state index >= 15 is 0 Å². The van der Waals surface area contributed by atoms with Crippen molar-refractivity contribution < 1.29 is 14.7 Å². The summed E-state index contributed by atoms with van der Waals surface area (Å²) in [5, 5.41) is 18.6. The molecule has 7 heteroatoms. The van der Waals surface area contributed by atoms with Crippen LogP contribution in [0.3, 0.4) is 0 Å². The van der Waals surface area contributed by atoms with Crippen molar-refractivity contribution in [1.82, 2.24) is 15.5 Å². The first-order chi connectivity index (χ1) is 16.5. The molecular weight excluding hydrogens is 462 g/mol. The largest absolute Gasteiger partial charge is 0.384 e. The Morgan fingerprint density at radius 1 is 1.11 bits per heavy atom. The molecule has 0 aliphatic carbocycles. The van der Waals surface area contributed by atoms with Crippen LogP contribution in [-0.2, 0) is 28.2 Å². The quantitative estimate of drug-likeness (QED) is 0.589. The lowest BCUT2D eigenvalue weighted by atomic mass is 9.66. The van der Waals surface area contributed by atoms with E-state index in [0.29, 0.717) is 37.5 Å². The third-order valence-corrected chi connectivity index (χ3v) is 7.96. The van der Waals surface area contributed by atoms with Gasteiger partial charge in [-0.2, -0.15) is 0 Å². The number of nitrogens with zero attached hydrogens (tertiary/aromatic N) is 1. The van der Waals surface area contributed by atoms with Gasteiger partial charge in [0.25, 0.3) is 0 Å². The van der Waals surface area contributed by atoms with Crippen LogP contribution in [0.1, 0.15) is 50.8 Å². The number of aliphatic hydroxyl groups is 1. The zero-order valence-corrected chi connectivity index (χ0v) is 21.7. The molecule has 4 rings (SSSR count). The number of hydrogen-bond donors (Lipinski definition) is 3. The number of piperidine rings is 1. The van der Waals surface area contributed by atoms with E-state index in [-0.39, 0.29) is 23.8 Å². The maximum atomic E-state index is 13.6. The predicted molar refractivity (Wildman–Crippen MR) is 138 cm³/mol. The maximum Gasteiger partial charge on any atom is 0.245 e. The van der Waals surface area contributed by atoms with Crippen molar-refractivity contribution in [1.29, 1.82) is 0 Å². The summed E-state index contributed by atoms with van der Waals surface area (Å²) >= 11 is 6.05. The first-order valence-corrected chi connectivity index (χ1v) is 12.8. The highest BCUT2D eigenvalue weighted by molar-refractivity contribution is 6.30. The highest BCUT2D eigenvalue weighted by Gasteiger charge is 2.50. The fourth-order valence-electron chi connectivity index (χ4n) is 5.37. The Labute approximate surface area is 213 Å². The third-order valence-electron chi connectivity index (χ3n) is 7.71. The van der Waals surface area contributed by atoms with Crippen molar-refractivity contribution in [2.24, 2.45) is 11.3 Å². The summed E-state index contributed by atoms with van der Waals surface area (Å²) in [6.45, 7) is 9.30. The predicted octanol–water partition coefficient (Wildman–Crippen LogP) is 3.64. The van der Waals surface area contributed by atoms with E-state index in [4.69, 9.17) is 11.6 Å². The summed E-state index contributed by atoms with van der Waals surface area (Å²) in [6, 6.07) is 14.4. The van der Waals surface area contributed by atoms with Crippen molar-refractivity contribution in [3.05, 3.63) is 70.2 Å². The molecule has 0 unspecified atom stereocenters. The first-order valence-electron chi connectivity index (χ1n) is 12.4. The van der Waals surface area contributed by atoms with E-state index in [9.17, 15) is 14.7 Å². The van der Waals surface area contributed by atoms with Gasteiger partial charge in [0, 0.05) is 30.1 Å². The van der Waals surface area contributed by atoms with Crippen LogP contribution in [0.25, 0.3) is 0 Å². The molecule has 0 aromatic heterocycles. The smallest absolute Gasteiger partial charge is 0.245 e. The molecule has 6 nitrogen and oxygen atoms in total. The average molecular weight is 498 g/mol. The number of amides is 2. The molecule has 0 radical (unpaired) electrons. The number of fused-ring (bicyclic) bond motifs is 1. The minimum absolute atomic E-state index is 0.0671. The van der Waals surface area contributed by atoms with Crippen molar-refractivity contribution in [2.45, 2.75) is 64.8 Å². The molecule has 0 spiro atoms. The Hall–Kier alpha value is -2.41. The lowest BCUT2D eigenvalue weighted by molar-refractivity contribution is -0.156. The van der Waals surface area contributed by atoms with Crippen LogP contribution in [0.5, 0.6) is 0 Å². The van der Waals surface area contributed by atoms with Crippen molar-refractivity contribution in [3.8, 4) is 0 Å². The van der Waals surface area contributed by atoms with E-state index in [1.165, 1.54) is 5.56 Å². The number of hydrogen-bond acceptors (Lipinski definition) is 4. The standard InChI is InChI=1S/C28H36ClN3O3/c1-18(2)24(31-25(33)23-15-19-7-5-6-8-20(19)16-30-23)26(34)32-14-13-28(35,27(3,4)17-32)21-9-11-22(29)12-10-21/h5-12,18,23-24,30,35H,13-17H2,1-4H3,(H,31,33)/t23-,24-,28+/m1/s1. The number of benzene rings is 2. The van der Waals surface area contributed by atoms with Gasteiger partial charge in [0.2, 0.25) is 11.8 Å². The van der Waals surface area contributed by atoms with Gasteiger partial charge >= 0.3 is 0 Å². The van der Waals surface area contributed by atoms with E-state index in [1.807, 2.05) is 52.0 Å². The van der Waals surface area contributed by atoms with E-state index in [0.717, 1.165) is 11.1 Å². The number of nitrogens with one attached hydrogen (secondary N) is 2. The molecule has 1 fully saturated rings. The topological polar surface area (TPSA) is 81.7 Å². The van der Waals surface area contributed by atoms with E-state index in [1.54, 1.807) is 17.0 Å². The van der Waals surface area contributed by atoms with Gasteiger partial charge in [-0.3, -0.25) is 9.59 Å². The van der Waals surface area contributed by atoms with E-state index < -0.39 is 17.1 Å². The van der Waals surface area contributed by atoms with Gasteiger partial charge in [-0.1, -0.05) is 75.7 Å². The number of halogens is 1. The molecule has 3 atom stereocenters. The Morgan fingerprint density at radius 3 is 2.40 bits per heavy atom. The number of carbonyl (C=O) groups excluding carboxylic acids is 2. The van der Waals surface area contributed by atoms with Crippen LogP contribution < -0.4 is 10.6 Å². The Kier molecular flexibility index (Phi) is 7.28. The Morgan fingerprint density at radius 2 is 1.77 bits per heavy atom. The minimum Gasteiger partial charge on any atom is -0.384 e.